The Kier molecular flexibility index (Phi) is 6.60. The first kappa shape index (κ1) is 25.4. The molecule has 4 aromatic rings. The molecular formula is C28H25FN4O4S. The van der Waals surface area contributed by atoms with Gasteiger partial charge >= 0.3 is 10.2 Å². The summed E-state index contributed by atoms with van der Waals surface area (Å²) < 4.78 is 42.6. The molecule has 0 atom stereocenters. The standard InChI is InChI=1S/C28H25FN4O4S/c1-31(2)38(36,37)33-18-20(21-10-5-8-14-26(21)33)17-24(30-27(34)22-11-4-6-12-23(22)29)28(35)32-16-15-19-9-3-7-13-25(19)32/h3-14,17-18H,15-16H2,1-2H3,(H,30,34)/b24-17-. The van der Waals surface area contributed by atoms with Gasteiger partial charge in [-0.05, 0) is 42.3 Å². The summed E-state index contributed by atoms with van der Waals surface area (Å²) in [5, 5.41) is 3.15. The lowest BCUT2D eigenvalue weighted by molar-refractivity contribution is -0.115. The van der Waals surface area contributed by atoms with Gasteiger partial charge in [0.1, 0.15) is 11.5 Å². The summed E-state index contributed by atoms with van der Waals surface area (Å²) in [5.74, 6) is -2.01. The molecule has 0 unspecified atom stereocenters. The van der Waals surface area contributed by atoms with Crippen LogP contribution in [0.1, 0.15) is 21.5 Å². The van der Waals surface area contributed by atoms with Gasteiger partial charge in [0.2, 0.25) is 0 Å². The van der Waals surface area contributed by atoms with Gasteiger partial charge in [-0.15, -0.1) is 0 Å². The molecule has 194 valence electrons. The van der Waals surface area contributed by atoms with Gasteiger partial charge in [0, 0.05) is 43.5 Å². The average molecular weight is 533 g/mol. The number of aromatic nitrogens is 1. The first-order chi connectivity index (χ1) is 18.2. The molecule has 0 bridgehead atoms. The molecule has 0 radical (unpaired) electrons. The van der Waals surface area contributed by atoms with Crippen molar-refractivity contribution < 1.29 is 22.4 Å². The van der Waals surface area contributed by atoms with E-state index in [-0.39, 0.29) is 11.3 Å². The molecule has 0 aliphatic carbocycles. The first-order valence-corrected chi connectivity index (χ1v) is 13.3. The Morgan fingerprint density at radius 3 is 2.42 bits per heavy atom. The Labute approximate surface area is 219 Å². The highest BCUT2D eigenvalue weighted by atomic mass is 32.2. The van der Waals surface area contributed by atoms with Crippen LogP contribution >= 0.6 is 0 Å². The molecule has 38 heavy (non-hydrogen) atoms. The van der Waals surface area contributed by atoms with Crippen LogP contribution in [-0.2, 0) is 21.4 Å². The SMILES string of the molecule is CN(C)S(=O)(=O)n1cc(/C=C(\NC(=O)c2ccccc2F)C(=O)N2CCc3ccccc32)c2ccccc21. The second-order valence-electron chi connectivity index (χ2n) is 9.02. The van der Waals surface area contributed by atoms with E-state index >= 15 is 0 Å². The van der Waals surface area contributed by atoms with Crippen LogP contribution in [0.2, 0.25) is 0 Å². The maximum Gasteiger partial charge on any atom is 0.307 e. The smallest absolute Gasteiger partial charge is 0.307 e. The molecule has 0 fully saturated rings. The quantitative estimate of drug-likeness (QED) is 0.383. The van der Waals surface area contributed by atoms with Gasteiger partial charge < -0.3 is 10.2 Å². The number of nitrogens with one attached hydrogen (secondary N) is 1. The highest BCUT2D eigenvalue weighted by molar-refractivity contribution is 7.87. The number of benzene rings is 3. The molecule has 1 N–H and O–H groups in total. The van der Waals surface area contributed by atoms with Gasteiger partial charge in [0.25, 0.3) is 11.8 Å². The van der Waals surface area contributed by atoms with Crippen molar-refractivity contribution in [3.63, 3.8) is 0 Å². The number of hydrogen-bond acceptors (Lipinski definition) is 4. The monoisotopic (exact) mass is 532 g/mol. The number of rotatable bonds is 6. The Morgan fingerprint density at radius 1 is 0.974 bits per heavy atom. The van der Waals surface area contributed by atoms with Crippen molar-refractivity contribution in [2.24, 2.45) is 0 Å². The van der Waals surface area contributed by atoms with Crippen LogP contribution < -0.4 is 10.2 Å². The summed E-state index contributed by atoms with van der Waals surface area (Å²) >= 11 is 0. The fourth-order valence-corrected chi connectivity index (χ4v) is 5.50. The van der Waals surface area contributed by atoms with Gasteiger partial charge in [0.15, 0.2) is 0 Å². The zero-order chi connectivity index (χ0) is 27.0. The summed E-state index contributed by atoms with van der Waals surface area (Å²) in [5.41, 5.74) is 2.20. The number of carbonyl (C=O) groups is 2. The molecule has 2 heterocycles. The fourth-order valence-electron chi connectivity index (χ4n) is 4.49. The van der Waals surface area contributed by atoms with Crippen LogP contribution in [0.15, 0.2) is 84.7 Å². The third kappa shape index (κ3) is 4.48. The molecular weight excluding hydrogens is 507 g/mol. The van der Waals surface area contributed by atoms with Crippen molar-refractivity contribution >= 4 is 44.7 Å². The third-order valence-electron chi connectivity index (χ3n) is 6.45. The largest absolute Gasteiger partial charge is 0.317 e. The van der Waals surface area contributed by atoms with E-state index in [1.165, 1.54) is 44.6 Å². The van der Waals surface area contributed by atoms with Crippen LogP contribution in [0.3, 0.4) is 0 Å². The summed E-state index contributed by atoms with van der Waals surface area (Å²) in [4.78, 5) is 28.5. The highest BCUT2D eigenvalue weighted by Crippen LogP contribution is 2.30. The van der Waals surface area contributed by atoms with Crippen molar-refractivity contribution in [1.82, 2.24) is 13.6 Å². The number of anilines is 1. The molecule has 3 aromatic carbocycles. The van der Waals surface area contributed by atoms with Gasteiger partial charge in [-0.2, -0.15) is 12.7 Å². The van der Waals surface area contributed by atoms with E-state index in [0.29, 0.717) is 29.4 Å². The molecule has 1 aromatic heterocycles. The second-order valence-corrected chi connectivity index (χ2v) is 11.0. The van der Waals surface area contributed by atoms with Crippen molar-refractivity contribution in [2.75, 3.05) is 25.5 Å². The maximum absolute atomic E-state index is 14.4. The second kappa shape index (κ2) is 9.88. The van der Waals surface area contributed by atoms with Crippen LogP contribution in [0, 0.1) is 5.82 Å². The van der Waals surface area contributed by atoms with Gasteiger partial charge in [0.05, 0.1) is 11.1 Å². The minimum atomic E-state index is -3.88. The minimum Gasteiger partial charge on any atom is -0.317 e. The van der Waals surface area contributed by atoms with E-state index < -0.39 is 27.8 Å². The summed E-state index contributed by atoms with van der Waals surface area (Å²) in [6.07, 6.45) is 3.49. The Balaban J connectivity index is 1.64. The fraction of sp³-hybridized carbons (Fsp3) is 0.143. The zero-order valence-electron chi connectivity index (χ0n) is 20.8. The van der Waals surface area contributed by atoms with Crippen molar-refractivity contribution in [2.45, 2.75) is 6.42 Å². The number of hydrogen-bond donors (Lipinski definition) is 1. The van der Waals surface area contributed by atoms with E-state index in [1.807, 2.05) is 24.3 Å². The predicted octanol–water partition coefficient (Wildman–Crippen LogP) is 3.80. The highest BCUT2D eigenvalue weighted by Gasteiger charge is 2.29. The van der Waals surface area contributed by atoms with Crippen LogP contribution in [-0.4, -0.2) is 49.1 Å². The minimum absolute atomic E-state index is 0.111. The summed E-state index contributed by atoms with van der Waals surface area (Å²) in [6, 6.07) is 19.8. The number of nitrogens with zero attached hydrogens (tertiary/aromatic N) is 3. The zero-order valence-corrected chi connectivity index (χ0v) is 21.6. The molecule has 0 spiro atoms. The topological polar surface area (TPSA) is 91.7 Å². The first-order valence-electron chi connectivity index (χ1n) is 11.9. The average Bonchev–Trinajstić information content (AvgIpc) is 3.50. The lowest BCUT2D eigenvalue weighted by Gasteiger charge is -2.20. The van der Waals surface area contributed by atoms with Gasteiger partial charge in [-0.1, -0.05) is 48.5 Å². The third-order valence-corrected chi connectivity index (χ3v) is 8.17. The van der Waals surface area contributed by atoms with Crippen LogP contribution in [0.25, 0.3) is 17.0 Å². The number of halogens is 1. The Morgan fingerprint density at radius 2 is 1.66 bits per heavy atom. The number of fused-ring (bicyclic) bond motifs is 2. The predicted molar refractivity (Wildman–Crippen MR) is 144 cm³/mol. The van der Waals surface area contributed by atoms with Crippen molar-refractivity contribution in [3.05, 3.63) is 107 Å². The summed E-state index contributed by atoms with van der Waals surface area (Å²) in [6.45, 7) is 0.405. The molecule has 8 nitrogen and oxygen atoms in total. The lowest BCUT2D eigenvalue weighted by atomic mass is 10.1. The van der Waals surface area contributed by atoms with E-state index in [9.17, 15) is 22.4 Å². The molecule has 1 aliphatic heterocycles. The van der Waals surface area contributed by atoms with E-state index in [0.717, 1.165) is 25.6 Å². The molecule has 0 saturated carbocycles. The number of para-hydroxylation sites is 2. The van der Waals surface area contributed by atoms with E-state index in [1.54, 1.807) is 29.2 Å². The van der Waals surface area contributed by atoms with Gasteiger partial charge in [-0.3, -0.25) is 9.59 Å². The lowest BCUT2D eigenvalue weighted by Crippen LogP contribution is -2.37. The van der Waals surface area contributed by atoms with Crippen molar-refractivity contribution in [3.8, 4) is 0 Å². The molecule has 1 aliphatic rings. The van der Waals surface area contributed by atoms with Crippen molar-refractivity contribution in [1.29, 1.82) is 0 Å². The number of amides is 2. The molecule has 2 amide bonds. The normalized spacial score (nSPS) is 13.7. The van der Waals surface area contributed by atoms with Gasteiger partial charge in [-0.25, -0.2) is 8.36 Å². The molecule has 10 heteroatoms. The van der Waals surface area contributed by atoms with E-state index in [4.69, 9.17) is 0 Å². The Hall–Kier alpha value is -4.28. The maximum atomic E-state index is 14.4. The van der Waals surface area contributed by atoms with Crippen LogP contribution in [0.5, 0.6) is 0 Å². The van der Waals surface area contributed by atoms with E-state index in [2.05, 4.69) is 5.32 Å². The molecule has 0 saturated heterocycles. The Bertz CT molecular complexity index is 1710. The number of carbonyl (C=O) groups excluding carboxylic acids is 2. The molecule has 5 rings (SSSR count). The van der Waals surface area contributed by atoms with Crippen LogP contribution in [0.4, 0.5) is 10.1 Å². The summed E-state index contributed by atoms with van der Waals surface area (Å²) in [7, 11) is -1.03.